The van der Waals surface area contributed by atoms with Crippen molar-refractivity contribution in [3.05, 3.63) is 46.8 Å². The minimum atomic E-state index is -0.833. The number of hydrogen-bond acceptors (Lipinski definition) is 6. The zero-order valence-electron chi connectivity index (χ0n) is 17.2. The van der Waals surface area contributed by atoms with Gasteiger partial charge in [0.15, 0.2) is 6.10 Å². The van der Waals surface area contributed by atoms with Gasteiger partial charge in [-0.15, -0.1) is 0 Å². The molecule has 1 aliphatic carbocycles. The fourth-order valence-electron chi connectivity index (χ4n) is 3.40. The molecule has 1 aromatic carbocycles. The second-order valence-electron chi connectivity index (χ2n) is 7.51. The van der Waals surface area contributed by atoms with Gasteiger partial charge in [-0.25, -0.2) is 4.79 Å². The van der Waals surface area contributed by atoms with Gasteiger partial charge in [0.05, 0.1) is 16.8 Å². The molecule has 1 saturated carbocycles. The van der Waals surface area contributed by atoms with E-state index < -0.39 is 12.1 Å². The van der Waals surface area contributed by atoms with Crippen molar-refractivity contribution in [3.63, 3.8) is 0 Å². The predicted molar refractivity (Wildman–Crippen MR) is 107 cm³/mol. The maximum Gasteiger partial charge on any atom is 0.338 e. The lowest BCUT2D eigenvalue weighted by Gasteiger charge is -2.24. The number of carbonyl (C=O) groups is 2. The Morgan fingerprint density at radius 2 is 1.86 bits per heavy atom. The Bertz CT molecular complexity index is 818. The smallest absolute Gasteiger partial charge is 0.338 e. The lowest BCUT2D eigenvalue weighted by molar-refractivity contribution is -0.130. The zero-order chi connectivity index (χ0) is 20.8. The van der Waals surface area contributed by atoms with Crippen molar-refractivity contribution >= 4 is 11.9 Å². The van der Waals surface area contributed by atoms with E-state index in [0.717, 1.165) is 42.7 Å². The summed E-state index contributed by atoms with van der Waals surface area (Å²) in [5.74, 6) is 0.561. The van der Waals surface area contributed by atoms with Crippen molar-refractivity contribution in [3.8, 4) is 5.75 Å². The minimum absolute atomic E-state index is 0.187. The molecular formula is C22H28N2O5. The van der Waals surface area contributed by atoms with Crippen LogP contribution < -0.4 is 10.1 Å². The van der Waals surface area contributed by atoms with Crippen molar-refractivity contribution in [2.24, 2.45) is 0 Å². The van der Waals surface area contributed by atoms with Gasteiger partial charge < -0.3 is 19.3 Å². The third-order valence-electron chi connectivity index (χ3n) is 5.26. The second kappa shape index (κ2) is 9.58. The number of benzene rings is 1. The molecule has 0 saturated heterocycles. The molecule has 0 aliphatic heterocycles. The number of carbonyl (C=O) groups excluding carboxylic acids is 2. The maximum absolute atomic E-state index is 12.3. The minimum Gasteiger partial charge on any atom is -0.489 e. The molecule has 3 rings (SSSR count). The highest BCUT2D eigenvalue weighted by Crippen LogP contribution is 2.19. The normalized spacial score (nSPS) is 15.6. The molecule has 0 bridgehead atoms. The van der Waals surface area contributed by atoms with Crippen molar-refractivity contribution < 1.29 is 23.6 Å². The number of amides is 1. The van der Waals surface area contributed by atoms with Crippen molar-refractivity contribution in [1.29, 1.82) is 0 Å². The van der Waals surface area contributed by atoms with Crippen LogP contribution in [0.15, 0.2) is 28.8 Å². The van der Waals surface area contributed by atoms with Gasteiger partial charge in [-0.3, -0.25) is 4.79 Å². The first-order chi connectivity index (χ1) is 13.9. The van der Waals surface area contributed by atoms with E-state index in [2.05, 4.69) is 10.5 Å². The quantitative estimate of drug-likeness (QED) is 0.710. The van der Waals surface area contributed by atoms with Crippen molar-refractivity contribution in [2.45, 2.75) is 71.6 Å². The standard InChI is InChI=1S/C22H28N2O5/c1-14-20(15(2)29-24-14)13-27-19-11-9-17(10-12-19)22(26)28-16(3)21(25)23-18-7-5-4-6-8-18/h9-12,16,18H,4-8,13H2,1-3H3,(H,23,25). The molecule has 1 aliphatic rings. The summed E-state index contributed by atoms with van der Waals surface area (Å²) in [6.07, 6.45) is 4.62. The number of nitrogens with zero attached hydrogens (tertiary/aromatic N) is 1. The molecule has 0 spiro atoms. The summed E-state index contributed by atoms with van der Waals surface area (Å²) < 4.78 is 16.2. The fourth-order valence-corrected chi connectivity index (χ4v) is 3.40. The number of hydrogen-bond donors (Lipinski definition) is 1. The van der Waals surface area contributed by atoms with Gasteiger partial charge in [-0.05, 0) is 57.9 Å². The maximum atomic E-state index is 12.3. The third kappa shape index (κ3) is 5.59. The first-order valence-electron chi connectivity index (χ1n) is 10.1. The Kier molecular flexibility index (Phi) is 6.90. The van der Waals surface area contributed by atoms with E-state index in [9.17, 15) is 9.59 Å². The molecule has 156 valence electrons. The van der Waals surface area contributed by atoms with E-state index in [0.29, 0.717) is 17.9 Å². The van der Waals surface area contributed by atoms with Gasteiger partial charge in [0, 0.05) is 6.04 Å². The summed E-state index contributed by atoms with van der Waals surface area (Å²) in [6.45, 7) is 5.63. The molecule has 2 aromatic rings. The van der Waals surface area contributed by atoms with E-state index in [4.69, 9.17) is 14.0 Å². The highest BCUT2D eigenvalue weighted by atomic mass is 16.5. The zero-order valence-corrected chi connectivity index (χ0v) is 17.2. The van der Waals surface area contributed by atoms with Gasteiger partial charge in [0.25, 0.3) is 5.91 Å². The van der Waals surface area contributed by atoms with Crippen LogP contribution in [0.4, 0.5) is 0 Å². The number of aryl methyl sites for hydroxylation is 2. The van der Waals surface area contributed by atoms with Crippen LogP contribution in [0.25, 0.3) is 0 Å². The number of rotatable bonds is 7. The van der Waals surface area contributed by atoms with E-state index in [1.54, 1.807) is 31.2 Å². The number of aromatic nitrogens is 1. The Morgan fingerprint density at radius 1 is 1.17 bits per heavy atom. The van der Waals surface area contributed by atoms with E-state index >= 15 is 0 Å². The van der Waals surface area contributed by atoms with Crippen LogP contribution in [-0.2, 0) is 16.1 Å². The lowest BCUT2D eigenvalue weighted by Crippen LogP contribution is -2.42. The summed E-state index contributed by atoms with van der Waals surface area (Å²) in [5.41, 5.74) is 2.07. The van der Waals surface area contributed by atoms with Crippen LogP contribution >= 0.6 is 0 Å². The Hall–Kier alpha value is -2.83. The Labute approximate surface area is 170 Å². The van der Waals surface area contributed by atoms with Gasteiger partial charge in [0.2, 0.25) is 0 Å². The second-order valence-corrected chi connectivity index (χ2v) is 7.51. The molecular weight excluding hydrogens is 372 g/mol. The van der Waals surface area contributed by atoms with Gasteiger partial charge in [-0.1, -0.05) is 24.4 Å². The van der Waals surface area contributed by atoms with Crippen molar-refractivity contribution in [1.82, 2.24) is 10.5 Å². The average Bonchev–Trinajstić information content (AvgIpc) is 3.05. The van der Waals surface area contributed by atoms with Crippen molar-refractivity contribution in [2.75, 3.05) is 0 Å². The van der Waals surface area contributed by atoms with Gasteiger partial charge >= 0.3 is 5.97 Å². The van der Waals surface area contributed by atoms with Crippen LogP contribution in [0.5, 0.6) is 5.75 Å². The Balaban J connectivity index is 1.49. The highest BCUT2D eigenvalue weighted by molar-refractivity contribution is 5.92. The summed E-state index contributed by atoms with van der Waals surface area (Å²) >= 11 is 0. The van der Waals surface area contributed by atoms with Crippen LogP contribution in [0.1, 0.15) is 66.4 Å². The topological polar surface area (TPSA) is 90.7 Å². The van der Waals surface area contributed by atoms with E-state index in [-0.39, 0.29) is 11.9 Å². The molecule has 1 fully saturated rings. The van der Waals surface area contributed by atoms with Crippen LogP contribution in [0.2, 0.25) is 0 Å². The number of ether oxygens (including phenoxy) is 2. The molecule has 1 unspecified atom stereocenters. The van der Waals surface area contributed by atoms with E-state index in [1.165, 1.54) is 6.42 Å². The summed E-state index contributed by atoms with van der Waals surface area (Å²) in [5, 5.41) is 6.87. The molecule has 1 heterocycles. The first-order valence-corrected chi connectivity index (χ1v) is 10.1. The fraction of sp³-hybridized carbons (Fsp3) is 0.500. The molecule has 1 N–H and O–H groups in total. The molecule has 1 aromatic heterocycles. The van der Waals surface area contributed by atoms with E-state index in [1.807, 2.05) is 13.8 Å². The summed E-state index contributed by atoms with van der Waals surface area (Å²) in [6, 6.07) is 6.82. The molecule has 7 heteroatoms. The molecule has 1 amide bonds. The lowest BCUT2D eigenvalue weighted by atomic mass is 9.95. The Morgan fingerprint density at radius 3 is 2.48 bits per heavy atom. The largest absolute Gasteiger partial charge is 0.489 e. The third-order valence-corrected chi connectivity index (χ3v) is 5.26. The molecule has 0 radical (unpaired) electrons. The summed E-state index contributed by atoms with van der Waals surface area (Å²) in [4.78, 5) is 24.6. The van der Waals surface area contributed by atoms with Gasteiger partial charge in [0.1, 0.15) is 18.1 Å². The highest BCUT2D eigenvalue weighted by Gasteiger charge is 2.22. The molecule has 7 nitrogen and oxygen atoms in total. The average molecular weight is 400 g/mol. The number of esters is 1. The monoisotopic (exact) mass is 400 g/mol. The predicted octanol–water partition coefficient (Wildman–Crippen LogP) is 3.86. The van der Waals surface area contributed by atoms with Crippen LogP contribution in [0.3, 0.4) is 0 Å². The first kappa shape index (κ1) is 20.9. The van der Waals surface area contributed by atoms with Gasteiger partial charge in [-0.2, -0.15) is 0 Å². The number of nitrogens with one attached hydrogen (secondary N) is 1. The molecule has 1 atom stereocenters. The van der Waals surface area contributed by atoms with Crippen LogP contribution in [-0.4, -0.2) is 29.2 Å². The SMILES string of the molecule is Cc1noc(C)c1COc1ccc(C(=O)OC(C)C(=O)NC2CCCCC2)cc1. The van der Waals surface area contributed by atoms with Crippen LogP contribution in [0, 0.1) is 13.8 Å². The molecule has 29 heavy (non-hydrogen) atoms. The summed E-state index contributed by atoms with van der Waals surface area (Å²) in [7, 11) is 0.